The van der Waals surface area contributed by atoms with Crippen LogP contribution in [0.5, 0.6) is 0 Å². The van der Waals surface area contributed by atoms with E-state index in [1.807, 2.05) is 30.3 Å². The van der Waals surface area contributed by atoms with Gasteiger partial charge in [-0.3, -0.25) is 9.59 Å². The first kappa shape index (κ1) is 13.8. The molecule has 0 aliphatic carbocycles. The molecule has 4 atom stereocenters. The van der Waals surface area contributed by atoms with E-state index in [9.17, 15) is 14.7 Å². The highest BCUT2D eigenvalue weighted by molar-refractivity contribution is 5.89. The van der Waals surface area contributed by atoms with E-state index in [4.69, 9.17) is 4.74 Å². The van der Waals surface area contributed by atoms with Gasteiger partial charge in [0.25, 0.3) is 0 Å². The molecule has 2 bridgehead atoms. The molecule has 3 heterocycles. The molecule has 0 radical (unpaired) electrons. The van der Waals surface area contributed by atoms with Crippen molar-refractivity contribution in [3.63, 3.8) is 0 Å². The van der Waals surface area contributed by atoms with E-state index in [1.165, 1.54) is 5.56 Å². The van der Waals surface area contributed by atoms with Crippen LogP contribution in [0.25, 0.3) is 0 Å². The van der Waals surface area contributed by atoms with Crippen molar-refractivity contribution >= 4 is 11.9 Å². The van der Waals surface area contributed by atoms with Gasteiger partial charge in [0.2, 0.25) is 5.91 Å². The van der Waals surface area contributed by atoms with Crippen LogP contribution in [0.15, 0.2) is 30.3 Å². The highest BCUT2D eigenvalue weighted by Gasteiger charge is 2.68. The Morgan fingerprint density at radius 1 is 1.36 bits per heavy atom. The second-order valence-electron chi connectivity index (χ2n) is 6.60. The second-order valence-corrected chi connectivity index (χ2v) is 6.60. The summed E-state index contributed by atoms with van der Waals surface area (Å²) in [6.07, 6.45) is 2.08. The van der Waals surface area contributed by atoms with Gasteiger partial charge in [-0.1, -0.05) is 30.3 Å². The number of carbonyl (C=O) groups excluding carboxylic acids is 1. The lowest BCUT2D eigenvalue weighted by Crippen LogP contribution is -2.41. The summed E-state index contributed by atoms with van der Waals surface area (Å²) < 4.78 is 5.97. The minimum atomic E-state index is -0.894. The monoisotopic (exact) mass is 301 g/mol. The predicted octanol–water partition coefficient (Wildman–Crippen LogP) is 1.32. The molecule has 0 aromatic heterocycles. The predicted molar refractivity (Wildman–Crippen MR) is 78.2 cm³/mol. The van der Waals surface area contributed by atoms with Crippen LogP contribution >= 0.6 is 0 Å². The number of hydrogen-bond acceptors (Lipinski definition) is 3. The average Bonchev–Trinajstić information content (AvgIpc) is 3.14. The molecule has 116 valence electrons. The Morgan fingerprint density at radius 3 is 2.86 bits per heavy atom. The Labute approximate surface area is 128 Å². The van der Waals surface area contributed by atoms with E-state index in [-0.39, 0.29) is 12.0 Å². The number of nitrogens with zero attached hydrogens (tertiary/aromatic N) is 1. The number of carboxylic acid groups (broad SMARTS) is 1. The fourth-order valence-corrected chi connectivity index (χ4v) is 4.42. The fourth-order valence-electron chi connectivity index (χ4n) is 4.42. The number of rotatable bonds is 4. The van der Waals surface area contributed by atoms with Crippen LogP contribution in [0.2, 0.25) is 0 Å². The van der Waals surface area contributed by atoms with E-state index in [1.54, 1.807) is 4.90 Å². The van der Waals surface area contributed by atoms with E-state index in [0.717, 1.165) is 19.3 Å². The fraction of sp³-hybridized carbons (Fsp3) is 0.529. The van der Waals surface area contributed by atoms with Crippen LogP contribution in [0.4, 0.5) is 0 Å². The lowest BCUT2D eigenvalue weighted by Gasteiger charge is -2.25. The molecule has 5 nitrogen and oxygen atoms in total. The molecule has 0 unspecified atom stereocenters. The highest BCUT2D eigenvalue weighted by atomic mass is 16.5. The Hall–Kier alpha value is -1.88. The third kappa shape index (κ3) is 1.88. The van der Waals surface area contributed by atoms with Crippen molar-refractivity contribution in [3.8, 4) is 0 Å². The molecule has 3 aliphatic rings. The summed E-state index contributed by atoms with van der Waals surface area (Å²) in [6, 6.07) is 10.0. The number of carbonyl (C=O) groups is 2. The largest absolute Gasteiger partial charge is 0.481 e. The van der Waals surface area contributed by atoms with Crippen LogP contribution in [-0.2, 0) is 20.7 Å². The van der Waals surface area contributed by atoms with Crippen LogP contribution in [0.1, 0.15) is 18.4 Å². The zero-order valence-corrected chi connectivity index (χ0v) is 12.3. The minimum absolute atomic E-state index is 0.0365. The summed E-state index contributed by atoms with van der Waals surface area (Å²) in [5.41, 5.74) is 0.645. The molecule has 1 N–H and O–H groups in total. The maximum Gasteiger partial charge on any atom is 0.310 e. The van der Waals surface area contributed by atoms with Crippen molar-refractivity contribution in [2.24, 2.45) is 11.8 Å². The number of carboxylic acids is 1. The zero-order chi connectivity index (χ0) is 15.3. The van der Waals surface area contributed by atoms with Crippen molar-refractivity contribution in [2.75, 3.05) is 13.1 Å². The first-order valence-corrected chi connectivity index (χ1v) is 7.84. The lowest BCUT2D eigenvalue weighted by molar-refractivity contribution is -0.149. The smallest absolute Gasteiger partial charge is 0.310 e. The number of ether oxygens (including phenoxy) is 1. The summed E-state index contributed by atoms with van der Waals surface area (Å²) >= 11 is 0. The first-order chi connectivity index (χ1) is 10.6. The number of likely N-dealkylation sites (tertiary alicyclic amines) is 1. The molecule has 4 rings (SSSR count). The van der Waals surface area contributed by atoms with Gasteiger partial charge >= 0.3 is 5.97 Å². The van der Waals surface area contributed by atoms with Crippen molar-refractivity contribution in [1.82, 2.24) is 4.90 Å². The quantitative estimate of drug-likeness (QED) is 0.911. The third-order valence-electron chi connectivity index (χ3n) is 5.40. The number of aliphatic carboxylic acids is 1. The summed E-state index contributed by atoms with van der Waals surface area (Å²) in [5.74, 6) is -2.08. The third-order valence-corrected chi connectivity index (χ3v) is 5.40. The van der Waals surface area contributed by atoms with Crippen LogP contribution in [-0.4, -0.2) is 46.7 Å². The molecule has 1 spiro atoms. The zero-order valence-electron chi connectivity index (χ0n) is 12.3. The van der Waals surface area contributed by atoms with E-state index < -0.39 is 23.4 Å². The number of amides is 1. The minimum Gasteiger partial charge on any atom is -0.481 e. The van der Waals surface area contributed by atoms with Crippen LogP contribution in [0.3, 0.4) is 0 Å². The average molecular weight is 301 g/mol. The molecule has 3 aliphatic heterocycles. The second kappa shape index (κ2) is 4.81. The number of hydrogen-bond donors (Lipinski definition) is 1. The standard InChI is InChI=1S/C17H19NO4/c19-15-14-13(16(20)21)12-6-8-17(14,22-12)10-18(15)9-7-11-4-2-1-3-5-11/h1-5,12-14H,6-10H2,(H,20,21)/t12-,13-,14+,17+/m1/s1. The molecule has 22 heavy (non-hydrogen) atoms. The molecular weight excluding hydrogens is 282 g/mol. The summed E-state index contributed by atoms with van der Waals surface area (Å²) in [6.45, 7) is 1.17. The van der Waals surface area contributed by atoms with Gasteiger partial charge in [-0.15, -0.1) is 0 Å². The van der Waals surface area contributed by atoms with E-state index in [0.29, 0.717) is 13.1 Å². The normalized spacial score (nSPS) is 35.9. The molecule has 5 heteroatoms. The van der Waals surface area contributed by atoms with E-state index >= 15 is 0 Å². The molecular formula is C17H19NO4. The summed E-state index contributed by atoms with van der Waals surface area (Å²) in [4.78, 5) is 26.0. The van der Waals surface area contributed by atoms with Gasteiger partial charge < -0.3 is 14.7 Å². The van der Waals surface area contributed by atoms with Crippen LogP contribution in [0, 0.1) is 11.8 Å². The van der Waals surface area contributed by atoms with Gasteiger partial charge in [0.1, 0.15) is 0 Å². The summed E-state index contributed by atoms with van der Waals surface area (Å²) in [5, 5.41) is 9.44. The van der Waals surface area contributed by atoms with Crippen LogP contribution < -0.4 is 0 Å². The Balaban J connectivity index is 1.51. The topological polar surface area (TPSA) is 66.8 Å². The van der Waals surface area contributed by atoms with Gasteiger partial charge in [0, 0.05) is 6.54 Å². The molecule has 1 aromatic carbocycles. The molecule has 3 saturated heterocycles. The maximum absolute atomic E-state index is 12.7. The van der Waals surface area contributed by atoms with Crippen molar-refractivity contribution < 1.29 is 19.4 Å². The SMILES string of the molecule is O=C(O)[C@H]1[C@H]2C(=O)N(CCc3ccccc3)C[C@@]23CC[C@H]1O3. The number of fused-ring (bicyclic) bond motifs is 1. The lowest BCUT2D eigenvalue weighted by atomic mass is 9.73. The van der Waals surface area contributed by atoms with Gasteiger partial charge in [0.05, 0.1) is 30.1 Å². The Bertz CT molecular complexity index is 616. The van der Waals surface area contributed by atoms with Gasteiger partial charge in [0.15, 0.2) is 0 Å². The highest BCUT2D eigenvalue weighted by Crippen LogP contribution is 2.55. The Morgan fingerprint density at radius 2 is 2.14 bits per heavy atom. The first-order valence-electron chi connectivity index (χ1n) is 7.84. The van der Waals surface area contributed by atoms with Gasteiger partial charge in [-0.05, 0) is 24.8 Å². The van der Waals surface area contributed by atoms with Gasteiger partial charge in [-0.2, -0.15) is 0 Å². The van der Waals surface area contributed by atoms with Crippen molar-refractivity contribution in [1.29, 1.82) is 0 Å². The van der Waals surface area contributed by atoms with Crippen molar-refractivity contribution in [3.05, 3.63) is 35.9 Å². The molecule has 1 amide bonds. The Kier molecular flexibility index (Phi) is 3.01. The molecule has 3 fully saturated rings. The maximum atomic E-state index is 12.7. The van der Waals surface area contributed by atoms with Crippen molar-refractivity contribution in [2.45, 2.75) is 31.0 Å². The summed E-state index contributed by atoms with van der Waals surface area (Å²) in [7, 11) is 0. The molecule has 0 saturated carbocycles. The van der Waals surface area contributed by atoms with Gasteiger partial charge in [-0.25, -0.2) is 0 Å². The molecule has 1 aromatic rings. The van der Waals surface area contributed by atoms with E-state index in [2.05, 4.69) is 0 Å². The number of benzene rings is 1.